The number of benzene rings is 2. The van der Waals surface area contributed by atoms with E-state index >= 15 is 0 Å². The molecule has 1 fully saturated rings. The highest BCUT2D eigenvalue weighted by Gasteiger charge is 2.26. The Bertz CT molecular complexity index is 811. The number of thioether (sulfide) groups is 1. The lowest BCUT2D eigenvalue weighted by Crippen LogP contribution is -2.43. The third-order valence-corrected chi connectivity index (χ3v) is 6.66. The average Bonchev–Trinajstić information content (AvgIpc) is 3.24. The van der Waals surface area contributed by atoms with E-state index in [4.69, 9.17) is 0 Å². The number of nitrogens with one attached hydrogen (secondary N) is 2. The van der Waals surface area contributed by atoms with Crippen LogP contribution in [0, 0.1) is 5.82 Å². The van der Waals surface area contributed by atoms with Gasteiger partial charge in [-0.3, -0.25) is 4.90 Å². The van der Waals surface area contributed by atoms with Gasteiger partial charge in [0.15, 0.2) is 0 Å². The Morgan fingerprint density at radius 1 is 1.18 bits per heavy atom. The Morgan fingerprint density at radius 2 is 1.96 bits per heavy atom. The number of carbonyl (C=O) groups is 1. The molecule has 4 rings (SSSR count). The number of fused-ring (bicyclic) bond motifs is 1. The number of urea groups is 1. The van der Waals surface area contributed by atoms with E-state index in [1.165, 1.54) is 24.5 Å². The molecule has 2 heterocycles. The SMILES string of the molecule is O=C(NCC(c1ccccc1)N1CCCC1)NC1CCSc2ccc(F)cc21. The lowest BCUT2D eigenvalue weighted by molar-refractivity contribution is 0.218. The topological polar surface area (TPSA) is 44.4 Å². The summed E-state index contributed by atoms with van der Waals surface area (Å²) >= 11 is 1.72. The monoisotopic (exact) mass is 399 g/mol. The van der Waals surface area contributed by atoms with Crippen molar-refractivity contribution in [2.45, 2.75) is 36.2 Å². The summed E-state index contributed by atoms with van der Waals surface area (Å²) in [5, 5.41) is 6.11. The summed E-state index contributed by atoms with van der Waals surface area (Å²) in [6.45, 7) is 2.69. The van der Waals surface area contributed by atoms with Crippen LogP contribution in [-0.4, -0.2) is 36.3 Å². The minimum Gasteiger partial charge on any atom is -0.336 e. The molecular weight excluding hydrogens is 373 g/mol. The van der Waals surface area contributed by atoms with Crippen molar-refractivity contribution in [3.8, 4) is 0 Å². The maximum atomic E-state index is 13.7. The molecule has 2 aliphatic heterocycles. The molecular formula is C22H26FN3OS. The summed E-state index contributed by atoms with van der Waals surface area (Å²) in [5.41, 5.74) is 2.11. The van der Waals surface area contributed by atoms with Crippen molar-refractivity contribution in [2.24, 2.45) is 0 Å². The van der Waals surface area contributed by atoms with E-state index in [1.807, 2.05) is 18.2 Å². The lowest BCUT2D eigenvalue weighted by atomic mass is 10.0. The second-order valence-corrected chi connectivity index (χ2v) is 8.53. The first-order chi connectivity index (χ1) is 13.7. The van der Waals surface area contributed by atoms with Crippen LogP contribution in [-0.2, 0) is 0 Å². The molecule has 28 heavy (non-hydrogen) atoms. The highest BCUT2D eigenvalue weighted by atomic mass is 32.2. The fourth-order valence-electron chi connectivity index (χ4n) is 4.10. The van der Waals surface area contributed by atoms with Gasteiger partial charge < -0.3 is 10.6 Å². The van der Waals surface area contributed by atoms with Gasteiger partial charge in [-0.15, -0.1) is 11.8 Å². The third-order valence-electron chi connectivity index (χ3n) is 5.54. The minimum atomic E-state index is -0.258. The van der Waals surface area contributed by atoms with Crippen LogP contribution < -0.4 is 10.6 Å². The van der Waals surface area contributed by atoms with Crippen LogP contribution >= 0.6 is 11.8 Å². The number of nitrogens with zero attached hydrogens (tertiary/aromatic N) is 1. The first kappa shape index (κ1) is 19.3. The minimum absolute atomic E-state index is 0.145. The molecule has 148 valence electrons. The van der Waals surface area contributed by atoms with Crippen LogP contribution in [0.25, 0.3) is 0 Å². The number of halogens is 1. The quantitative estimate of drug-likeness (QED) is 0.778. The van der Waals surface area contributed by atoms with Crippen molar-refractivity contribution >= 4 is 17.8 Å². The number of likely N-dealkylation sites (tertiary alicyclic amines) is 1. The van der Waals surface area contributed by atoms with Gasteiger partial charge in [-0.25, -0.2) is 9.18 Å². The Kier molecular flexibility index (Phi) is 6.17. The smallest absolute Gasteiger partial charge is 0.315 e. The van der Waals surface area contributed by atoms with E-state index in [2.05, 4.69) is 27.7 Å². The lowest BCUT2D eigenvalue weighted by Gasteiger charge is -2.29. The van der Waals surface area contributed by atoms with Crippen LogP contribution in [0.15, 0.2) is 53.4 Å². The van der Waals surface area contributed by atoms with Gasteiger partial charge in [0.2, 0.25) is 0 Å². The molecule has 2 amide bonds. The van der Waals surface area contributed by atoms with Gasteiger partial charge in [0.1, 0.15) is 5.82 Å². The van der Waals surface area contributed by atoms with E-state index in [1.54, 1.807) is 23.9 Å². The van der Waals surface area contributed by atoms with Gasteiger partial charge in [0.05, 0.1) is 12.1 Å². The third kappa shape index (κ3) is 4.50. The molecule has 1 saturated heterocycles. The van der Waals surface area contributed by atoms with E-state index in [9.17, 15) is 9.18 Å². The van der Waals surface area contributed by atoms with Crippen molar-refractivity contribution in [3.63, 3.8) is 0 Å². The Hall–Kier alpha value is -2.05. The van der Waals surface area contributed by atoms with Gasteiger partial charge in [0.25, 0.3) is 0 Å². The molecule has 2 atom stereocenters. The molecule has 0 bridgehead atoms. The van der Waals surface area contributed by atoms with Crippen molar-refractivity contribution in [2.75, 3.05) is 25.4 Å². The zero-order valence-electron chi connectivity index (χ0n) is 15.9. The highest BCUT2D eigenvalue weighted by molar-refractivity contribution is 7.99. The zero-order valence-corrected chi connectivity index (χ0v) is 16.7. The fraction of sp³-hybridized carbons (Fsp3) is 0.409. The Balaban J connectivity index is 1.40. The average molecular weight is 400 g/mol. The molecule has 0 saturated carbocycles. The molecule has 0 spiro atoms. The van der Waals surface area contributed by atoms with Crippen molar-refractivity contribution < 1.29 is 9.18 Å². The largest absolute Gasteiger partial charge is 0.336 e. The van der Waals surface area contributed by atoms with E-state index in [-0.39, 0.29) is 23.9 Å². The van der Waals surface area contributed by atoms with Crippen molar-refractivity contribution in [1.82, 2.24) is 15.5 Å². The number of amides is 2. The number of carbonyl (C=O) groups excluding carboxylic acids is 1. The first-order valence-electron chi connectivity index (χ1n) is 9.96. The standard InChI is InChI=1S/C22H26FN3OS/c23-17-8-9-21-18(14-17)19(10-13-28-21)25-22(27)24-15-20(26-11-4-5-12-26)16-6-2-1-3-7-16/h1-3,6-9,14,19-20H,4-5,10-13,15H2,(H2,24,25,27). The zero-order chi connectivity index (χ0) is 19.3. The van der Waals surface area contributed by atoms with Crippen LogP contribution in [0.5, 0.6) is 0 Å². The molecule has 0 aromatic heterocycles. The van der Waals surface area contributed by atoms with Crippen molar-refractivity contribution in [3.05, 3.63) is 65.5 Å². The molecule has 0 aliphatic carbocycles. The molecule has 2 N–H and O–H groups in total. The first-order valence-corrected chi connectivity index (χ1v) is 10.9. The van der Waals surface area contributed by atoms with E-state index in [0.717, 1.165) is 35.7 Å². The molecule has 2 aliphatic rings. The summed E-state index contributed by atoms with van der Waals surface area (Å²) < 4.78 is 13.7. The van der Waals surface area contributed by atoms with Crippen molar-refractivity contribution in [1.29, 1.82) is 0 Å². The molecule has 6 heteroatoms. The van der Waals surface area contributed by atoms with Gasteiger partial charge in [-0.05, 0) is 61.7 Å². The second-order valence-electron chi connectivity index (χ2n) is 7.40. The van der Waals surface area contributed by atoms with Gasteiger partial charge >= 0.3 is 6.03 Å². The van der Waals surface area contributed by atoms with Gasteiger partial charge in [-0.1, -0.05) is 30.3 Å². The summed E-state index contributed by atoms with van der Waals surface area (Å²) in [4.78, 5) is 16.1. The molecule has 2 aromatic rings. The maximum Gasteiger partial charge on any atom is 0.315 e. The van der Waals surface area contributed by atoms with Crippen LogP contribution in [0.1, 0.15) is 42.5 Å². The molecule has 2 unspecified atom stereocenters. The fourth-order valence-corrected chi connectivity index (χ4v) is 5.21. The van der Waals surface area contributed by atoms with Gasteiger partial charge in [0, 0.05) is 17.2 Å². The number of hydrogen-bond acceptors (Lipinski definition) is 3. The number of hydrogen-bond donors (Lipinski definition) is 2. The van der Waals surface area contributed by atoms with Crippen LogP contribution in [0.2, 0.25) is 0 Å². The maximum absolute atomic E-state index is 13.7. The molecule has 0 radical (unpaired) electrons. The summed E-state index contributed by atoms with van der Waals surface area (Å²) in [7, 11) is 0. The van der Waals surface area contributed by atoms with Crippen LogP contribution in [0.3, 0.4) is 0 Å². The normalized spacial score (nSPS) is 20.4. The Morgan fingerprint density at radius 3 is 2.75 bits per heavy atom. The van der Waals surface area contributed by atoms with Gasteiger partial charge in [-0.2, -0.15) is 0 Å². The van der Waals surface area contributed by atoms with Crippen LogP contribution in [0.4, 0.5) is 9.18 Å². The van der Waals surface area contributed by atoms with E-state index < -0.39 is 0 Å². The second kappa shape index (κ2) is 8.97. The summed E-state index contributed by atoms with van der Waals surface area (Å²) in [5.74, 6) is 0.663. The molecule has 4 nitrogen and oxygen atoms in total. The predicted octanol–water partition coefficient (Wildman–Crippen LogP) is 4.50. The summed E-state index contributed by atoms with van der Waals surface area (Å²) in [6.07, 6.45) is 3.22. The predicted molar refractivity (Wildman–Crippen MR) is 111 cm³/mol. The Labute approximate surface area is 169 Å². The summed E-state index contributed by atoms with van der Waals surface area (Å²) in [6, 6.07) is 15.0. The highest BCUT2D eigenvalue weighted by Crippen LogP contribution is 2.36. The number of rotatable bonds is 5. The molecule has 2 aromatic carbocycles. The van der Waals surface area contributed by atoms with E-state index in [0.29, 0.717) is 6.54 Å².